The van der Waals surface area contributed by atoms with Crippen LogP contribution in [0.5, 0.6) is 0 Å². The van der Waals surface area contributed by atoms with Gasteiger partial charge in [0.1, 0.15) is 11.5 Å². The van der Waals surface area contributed by atoms with E-state index in [1.807, 2.05) is 19.1 Å². The highest BCUT2D eigenvalue weighted by Gasteiger charge is 1.98. The van der Waals surface area contributed by atoms with Gasteiger partial charge in [0.2, 0.25) is 0 Å². The highest BCUT2D eigenvalue weighted by Crippen LogP contribution is 2.10. The Morgan fingerprint density at radius 1 is 1.42 bits per heavy atom. The first-order valence-electron chi connectivity index (χ1n) is 3.85. The van der Waals surface area contributed by atoms with Crippen LogP contribution in [0.3, 0.4) is 0 Å². The van der Waals surface area contributed by atoms with Crippen molar-refractivity contribution >= 4 is 11.9 Å². The lowest BCUT2D eigenvalue weighted by Gasteiger charge is -1.91. The molecular formula is C10H12O2. The largest absolute Gasteiger partial charge is 0.462 e. The molecule has 2 nitrogen and oxygen atoms in total. The van der Waals surface area contributed by atoms with Crippen LogP contribution in [0, 0.1) is 6.92 Å². The number of Topliss-reactive ketones (excluding diaryl/α,β-unsaturated/α-hetero) is 1. The van der Waals surface area contributed by atoms with Crippen molar-refractivity contribution in [3.8, 4) is 0 Å². The van der Waals surface area contributed by atoms with E-state index >= 15 is 0 Å². The summed E-state index contributed by atoms with van der Waals surface area (Å²) in [6.07, 6.45) is 1.75. The third kappa shape index (κ3) is 2.09. The van der Waals surface area contributed by atoms with Crippen molar-refractivity contribution in [2.24, 2.45) is 0 Å². The Morgan fingerprint density at radius 3 is 2.50 bits per heavy atom. The Labute approximate surface area is 71.9 Å². The van der Waals surface area contributed by atoms with E-state index in [1.54, 1.807) is 19.9 Å². The van der Waals surface area contributed by atoms with Crippen molar-refractivity contribution in [1.82, 2.24) is 0 Å². The van der Waals surface area contributed by atoms with Gasteiger partial charge >= 0.3 is 0 Å². The molecule has 1 aromatic heterocycles. The van der Waals surface area contributed by atoms with Crippen molar-refractivity contribution in [3.05, 3.63) is 29.2 Å². The van der Waals surface area contributed by atoms with Crippen LogP contribution in [0.15, 0.2) is 22.1 Å². The molecule has 0 atom stereocenters. The topological polar surface area (TPSA) is 30.2 Å². The molecule has 0 saturated carbocycles. The second kappa shape index (κ2) is 3.39. The zero-order valence-electron chi connectivity index (χ0n) is 7.55. The zero-order valence-corrected chi connectivity index (χ0v) is 7.55. The lowest BCUT2D eigenvalue weighted by Crippen LogP contribution is -1.89. The minimum Gasteiger partial charge on any atom is -0.462 e. The van der Waals surface area contributed by atoms with Crippen LogP contribution >= 0.6 is 0 Å². The number of carbonyl (C=O) groups is 1. The van der Waals surface area contributed by atoms with E-state index in [1.165, 1.54) is 0 Å². The molecule has 0 aliphatic heterocycles. The van der Waals surface area contributed by atoms with Gasteiger partial charge in [-0.05, 0) is 44.6 Å². The van der Waals surface area contributed by atoms with Crippen LogP contribution in [-0.4, -0.2) is 5.78 Å². The van der Waals surface area contributed by atoms with Crippen LogP contribution in [0.2, 0.25) is 0 Å². The average molecular weight is 164 g/mol. The normalized spacial score (nSPS) is 11.8. The molecule has 0 amide bonds. The minimum absolute atomic E-state index is 0.0732. The van der Waals surface area contributed by atoms with Gasteiger partial charge in [-0.25, -0.2) is 0 Å². The van der Waals surface area contributed by atoms with Crippen molar-refractivity contribution < 1.29 is 9.21 Å². The monoisotopic (exact) mass is 164 g/mol. The van der Waals surface area contributed by atoms with Gasteiger partial charge < -0.3 is 4.42 Å². The van der Waals surface area contributed by atoms with Crippen molar-refractivity contribution in [2.75, 3.05) is 0 Å². The van der Waals surface area contributed by atoms with Crippen molar-refractivity contribution in [3.63, 3.8) is 0 Å². The number of hydrogen-bond acceptors (Lipinski definition) is 2. The predicted octanol–water partition coefficient (Wildman–Crippen LogP) is 2.58. The summed E-state index contributed by atoms with van der Waals surface area (Å²) in [5.41, 5.74) is 0.712. The highest BCUT2D eigenvalue weighted by atomic mass is 16.3. The number of carbonyl (C=O) groups excluding carboxylic acids is 1. The lowest BCUT2D eigenvalue weighted by atomic mass is 10.2. The summed E-state index contributed by atoms with van der Waals surface area (Å²) in [6, 6.07) is 3.72. The quantitative estimate of drug-likeness (QED) is 0.629. The van der Waals surface area contributed by atoms with Crippen LogP contribution in [0.1, 0.15) is 25.4 Å². The number of ketones is 1. The minimum atomic E-state index is 0.0732. The standard InChI is InChI=1S/C10H12O2/c1-7(9(3)11)6-10-5-4-8(2)12-10/h4-6H,1-3H3/b7-6+. The summed E-state index contributed by atoms with van der Waals surface area (Å²) in [5, 5.41) is 0. The van der Waals surface area contributed by atoms with E-state index in [4.69, 9.17) is 4.42 Å². The summed E-state index contributed by atoms with van der Waals surface area (Å²) >= 11 is 0. The van der Waals surface area contributed by atoms with Crippen molar-refractivity contribution in [2.45, 2.75) is 20.8 Å². The molecule has 1 rings (SSSR count). The van der Waals surface area contributed by atoms with Gasteiger partial charge in [0.25, 0.3) is 0 Å². The van der Waals surface area contributed by atoms with Crippen molar-refractivity contribution in [1.29, 1.82) is 0 Å². The Hall–Kier alpha value is -1.31. The zero-order chi connectivity index (χ0) is 9.14. The molecule has 0 radical (unpaired) electrons. The van der Waals surface area contributed by atoms with Crippen LogP contribution in [0.4, 0.5) is 0 Å². The number of aryl methyl sites for hydroxylation is 1. The Kier molecular flexibility index (Phi) is 2.48. The van der Waals surface area contributed by atoms with Gasteiger partial charge in [-0.1, -0.05) is 0 Å². The van der Waals surface area contributed by atoms with Gasteiger partial charge in [-0.2, -0.15) is 0 Å². The second-order valence-electron chi connectivity index (χ2n) is 2.83. The summed E-state index contributed by atoms with van der Waals surface area (Å²) in [4.78, 5) is 10.8. The fourth-order valence-corrected chi connectivity index (χ4v) is 0.846. The smallest absolute Gasteiger partial charge is 0.155 e. The third-order valence-corrected chi connectivity index (χ3v) is 1.68. The summed E-state index contributed by atoms with van der Waals surface area (Å²) < 4.78 is 5.28. The fraction of sp³-hybridized carbons (Fsp3) is 0.300. The molecule has 1 aromatic rings. The van der Waals surface area contributed by atoms with Gasteiger partial charge in [0.05, 0.1) is 0 Å². The summed E-state index contributed by atoms with van der Waals surface area (Å²) in [5.74, 6) is 1.67. The lowest BCUT2D eigenvalue weighted by molar-refractivity contribution is -0.113. The van der Waals surface area contributed by atoms with Gasteiger partial charge in [0, 0.05) is 0 Å². The van der Waals surface area contributed by atoms with Gasteiger partial charge in [-0.15, -0.1) is 0 Å². The van der Waals surface area contributed by atoms with Crippen LogP contribution in [-0.2, 0) is 4.79 Å². The first-order chi connectivity index (χ1) is 5.59. The molecule has 0 N–H and O–H groups in total. The number of furan rings is 1. The molecule has 0 saturated heterocycles. The first kappa shape index (κ1) is 8.78. The van der Waals surface area contributed by atoms with Crippen LogP contribution in [0.25, 0.3) is 6.08 Å². The maximum Gasteiger partial charge on any atom is 0.155 e. The predicted molar refractivity (Wildman–Crippen MR) is 47.8 cm³/mol. The van der Waals surface area contributed by atoms with E-state index in [0.29, 0.717) is 5.57 Å². The van der Waals surface area contributed by atoms with E-state index in [-0.39, 0.29) is 5.78 Å². The highest BCUT2D eigenvalue weighted by molar-refractivity contribution is 5.96. The summed E-state index contributed by atoms with van der Waals surface area (Å²) in [7, 11) is 0. The molecule has 0 bridgehead atoms. The molecule has 1 heterocycles. The van der Waals surface area contributed by atoms with Gasteiger partial charge in [-0.3, -0.25) is 4.79 Å². The summed E-state index contributed by atoms with van der Waals surface area (Å²) in [6.45, 7) is 5.20. The molecule has 0 aromatic carbocycles. The van der Waals surface area contributed by atoms with E-state index in [0.717, 1.165) is 11.5 Å². The molecule has 0 unspecified atom stereocenters. The Morgan fingerprint density at radius 2 is 2.08 bits per heavy atom. The second-order valence-corrected chi connectivity index (χ2v) is 2.83. The number of rotatable bonds is 2. The molecule has 0 aliphatic rings. The number of allylic oxidation sites excluding steroid dienone is 1. The molecule has 0 spiro atoms. The van der Waals surface area contributed by atoms with E-state index in [2.05, 4.69) is 0 Å². The fourth-order valence-electron chi connectivity index (χ4n) is 0.846. The molecule has 0 aliphatic carbocycles. The van der Waals surface area contributed by atoms with E-state index < -0.39 is 0 Å². The maximum absolute atomic E-state index is 10.8. The van der Waals surface area contributed by atoms with Gasteiger partial charge in [0.15, 0.2) is 5.78 Å². The average Bonchev–Trinajstić information content (AvgIpc) is 2.35. The third-order valence-electron chi connectivity index (χ3n) is 1.68. The Balaban J connectivity index is 2.87. The SMILES string of the molecule is CC(=O)/C(C)=C/c1ccc(C)o1. The van der Waals surface area contributed by atoms with E-state index in [9.17, 15) is 4.79 Å². The first-order valence-corrected chi connectivity index (χ1v) is 3.85. The van der Waals surface area contributed by atoms with Crippen LogP contribution < -0.4 is 0 Å². The molecule has 2 heteroatoms. The maximum atomic E-state index is 10.8. The molecule has 64 valence electrons. The number of hydrogen-bond donors (Lipinski definition) is 0. The molecule has 12 heavy (non-hydrogen) atoms. The molecular weight excluding hydrogens is 152 g/mol. The Bertz CT molecular complexity index is 318. The molecule has 0 fully saturated rings.